The van der Waals surface area contributed by atoms with E-state index in [4.69, 9.17) is 0 Å². The van der Waals surface area contributed by atoms with Crippen LogP contribution in [0.1, 0.15) is 37.9 Å². The van der Waals surface area contributed by atoms with Crippen LogP contribution in [0, 0.1) is 0 Å². The van der Waals surface area contributed by atoms with Crippen LogP contribution in [0.25, 0.3) is 0 Å². The first kappa shape index (κ1) is 17.1. The Kier molecular flexibility index (Phi) is 4.97. The predicted molar refractivity (Wildman–Crippen MR) is 101 cm³/mol. The molecule has 1 N–H and O–H groups in total. The molecule has 3 nitrogen and oxygen atoms in total. The van der Waals surface area contributed by atoms with Crippen LogP contribution in [-0.4, -0.2) is 40.1 Å². The second-order valence-electron chi connectivity index (χ2n) is 6.84. The van der Waals surface area contributed by atoms with Crippen LogP contribution in [0.2, 0.25) is 0 Å². The number of phenols is 1. The van der Waals surface area contributed by atoms with Crippen molar-refractivity contribution in [2.45, 2.75) is 38.9 Å². The Labute approximate surface area is 148 Å². The van der Waals surface area contributed by atoms with E-state index in [1.54, 1.807) is 17.4 Å². The van der Waals surface area contributed by atoms with E-state index >= 15 is 0 Å². The third-order valence-corrected chi connectivity index (χ3v) is 5.60. The van der Waals surface area contributed by atoms with Crippen LogP contribution in [0.4, 0.5) is 0 Å². The summed E-state index contributed by atoms with van der Waals surface area (Å²) in [5.74, 6) is 0.328. The smallest absolute Gasteiger partial charge is 0.115 e. The molecule has 2 heterocycles. The second-order valence-corrected chi connectivity index (χ2v) is 7.62. The van der Waals surface area contributed by atoms with Gasteiger partial charge in [-0.05, 0) is 60.9 Å². The second kappa shape index (κ2) is 6.99. The highest BCUT2D eigenvalue weighted by atomic mass is 32.1. The minimum Gasteiger partial charge on any atom is -0.508 e. The summed E-state index contributed by atoms with van der Waals surface area (Å²) in [5, 5.41) is 14.3. The van der Waals surface area contributed by atoms with E-state index in [0.717, 1.165) is 24.4 Å². The topological polar surface area (TPSA) is 26.7 Å². The molecule has 4 heteroatoms. The number of hydrogen-bond acceptors (Lipinski definition) is 4. The summed E-state index contributed by atoms with van der Waals surface area (Å²) < 4.78 is 0. The molecule has 0 spiro atoms. The van der Waals surface area contributed by atoms with Crippen LogP contribution < -0.4 is 0 Å². The molecule has 1 fully saturated rings. The maximum Gasteiger partial charge on any atom is 0.115 e. The SMILES string of the molecule is C=C(C)N1C[C@H](C)N([C@@H](c2ccsc2)c2cccc(O)c2)C[C@H]1C. The van der Waals surface area contributed by atoms with Gasteiger partial charge in [0.05, 0.1) is 6.04 Å². The fraction of sp³-hybridized carbons (Fsp3) is 0.400. The van der Waals surface area contributed by atoms with Crippen molar-refractivity contribution in [2.75, 3.05) is 13.1 Å². The van der Waals surface area contributed by atoms with Crippen molar-refractivity contribution in [3.63, 3.8) is 0 Å². The van der Waals surface area contributed by atoms with Gasteiger partial charge in [0.15, 0.2) is 0 Å². The van der Waals surface area contributed by atoms with E-state index in [1.165, 1.54) is 5.56 Å². The Morgan fingerprint density at radius 3 is 2.62 bits per heavy atom. The first-order valence-corrected chi connectivity index (χ1v) is 9.40. The van der Waals surface area contributed by atoms with Crippen molar-refractivity contribution >= 4 is 11.3 Å². The number of nitrogens with zero attached hydrogens (tertiary/aromatic N) is 2. The van der Waals surface area contributed by atoms with Gasteiger partial charge in [-0.1, -0.05) is 18.7 Å². The van der Waals surface area contributed by atoms with Gasteiger partial charge in [-0.3, -0.25) is 4.90 Å². The van der Waals surface area contributed by atoms with Crippen molar-refractivity contribution < 1.29 is 5.11 Å². The lowest BCUT2D eigenvalue weighted by Gasteiger charge is -2.48. The average molecular weight is 343 g/mol. The van der Waals surface area contributed by atoms with Gasteiger partial charge in [-0.2, -0.15) is 11.3 Å². The van der Waals surface area contributed by atoms with E-state index in [0.29, 0.717) is 17.8 Å². The van der Waals surface area contributed by atoms with Gasteiger partial charge in [0.25, 0.3) is 0 Å². The van der Waals surface area contributed by atoms with E-state index in [2.05, 4.69) is 60.0 Å². The van der Waals surface area contributed by atoms with E-state index < -0.39 is 0 Å². The summed E-state index contributed by atoms with van der Waals surface area (Å²) in [5.41, 5.74) is 3.59. The van der Waals surface area contributed by atoms with Crippen LogP contribution in [0.5, 0.6) is 5.75 Å². The monoisotopic (exact) mass is 342 g/mol. The molecular formula is C20H26N2OS. The van der Waals surface area contributed by atoms with Gasteiger partial charge in [0.2, 0.25) is 0 Å². The number of benzene rings is 1. The van der Waals surface area contributed by atoms with Gasteiger partial charge in [0, 0.05) is 30.9 Å². The Morgan fingerprint density at radius 2 is 2.00 bits per heavy atom. The zero-order chi connectivity index (χ0) is 17.3. The molecular weight excluding hydrogens is 316 g/mol. The molecule has 0 aliphatic carbocycles. The molecule has 3 rings (SSSR count). The van der Waals surface area contributed by atoms with Crippen molar-refractivity contribution in [3.05, 3.63) is 64.5 Å². The lowest BCUT2D eigenvalue weighted by molar-refractivity contribution is 0.0436. The highest BCUT2D eigenvalue weighted by Gasteiger charge is 2.34. The molecule has 1 aromatic carbocycles. The third kappa shape index (κ3) is 3.35. The average Bonchev–Trinajstić information content (AvgIpc) is 3.04. The standard InChI is InChI=1S/C20H26N2OS/c1-14(2)21-11-16(4)22(12-15(21)3)20(18-8-9-24-13-18)17-6-5-7-19(23)10-17/h5-10,13,15-16,20,23H,1,11-12H2,2-4H3/t15-,16+,20-/m1/s1. The molecule has 0 radical (unpaired) electrons. The van der Waals surface area contributed by atoms with Crippen LogP contribution in [0.3, 0.4) is 0 Å². The largest absolute Gasteiger partial charge is 0.508 e. The number of phenolic OH excluding ortho intramolecular Hbond substituents is 1. The molecule has 1 aliphatic rings. The number of hydrogen-bond donors (Lipinski definition) is 1. The first-order chi connectivity index (χ1) is 11.5. The maximum absolute atomic E-state index is 9.95. The molecule has 2 aromatic rings. The van der Waals surface area contributed by atoms with Gasteiger partial charge >= 0.3 is 0 Å². The summed E-state index contributed by atoms with van der Waals surface area (Å²) in [7, 11) is 0. The predicted octanol–water partition coefficient (Wildman–Crippen LogP) is 4.47. The van der Waals surface area contributed by atoms with Crippen molar-refractivity contribution in [3.8, 4) is 5.75 Å². The summed E-state index contributed by atoms with van der Waals surface area (Å²) in [6.45, 7) is 12.7. The highest BCUT2D eigenvalue weighted by Crippen LogP contribution is 2.35. The molecule has 0 saturated carbocycles. The lowest BCUT2D eigenvalue weighted by Crippen LogP contribution is -2.56. The van der Waals surface area contributed by atoms with Crippen LogP contribution >= 0.6 is 11.3 Å². The van der Waals surface area contributed by atoms with E-state index in [1.807, 2.05) is 12.1 Å². The Morgan fingerprint density at radius 1 is 1.21 bits per heavy atom. The Hall–Kier alpha value is -1.78. The Bertz CT molecular complexity index is 697. The maximum atomic E-state index is 9.95. The molecule has 128 valence electrons. The lowest BCUT2D eigenvalue weighted by atomic mass is 9.95. The zero-order valence-corrected chi connectivity index (χ0v) is 15.5. The van der Waals surface area contributed by atoms with Crippen molar-refractivity contribution in [1.82, 2.24) is 9.80 Å². The summed E-state index contributed by atoms with van der Waals surface area (Å²) in [6, 6.07) is 10.9. The molecule has 0 bridgehead atoms. The van der Waals surface area contributed by atoms with Crippen molar-refractivity contribution in [1.29, 1.82) is 0 Å². The van der Waals surface area contributed by atoms with Gasteiger partial charge in [0.1, 0.15) is 5.75 Å². The molecule has 0 amide bonds. The third-order valence-electron chi connectivity index (χ3n) is 4.90. The number of piperazine rings is 1. The molecule has 24 heavy (non-hydrogen) atoms. The van der Waals surface area contributed by atoms with Gasteiger partial charge < -0.3 is 10.0 Å². The molecule has 1 aromatic heterocycles. The fourth-order valence-electron chi connectivity index (χ4n) is 3.75. The fourth-order valence-corrected chi connectivity index (χ4v) is 4.42. The Balaban J connectivity index is 1.96. The van der Waals surface area contributed by atoms with Gasteiger partial charge in [-0.25, -0.2) is 0 Å². The molecule has 1 aliphatic heterocycles. The molecule has 0 unspecified atom stereocenters. The zero-order valence-electron chi connectivity index (χ0n) is 14.6. The van der Waals surface area contributed by atoms with Gasteiger partial charge in [-0.15, -0.1) is 0 Å². The number of allylic oxidation sites excluding steroid dienone is 1. The molecule has 1 saturated heterocycles. The quantitative estimate of drug-likeness (QED) is 0.888. The van der Waals surface area contributed by atoms with Crippen molar-refractivity contribution in [2.24, 2.45) is 0 Å². The summed E-state index contributed by atoms with van der Waals surface area (Å²) in [6.07, 6.45) is 0. The summed E-state index contributed by atoms with van der Waals surface area (Å²) >= 11 is 1.72. The number of rotatable bonds is 4. The van der Waals surface area contributed by atoms with E-state index in [-0.39, 0.29) is 6.04 Å². The van der Waals surface area contributed by atoms with Crippen LogP contribution in [0.15, 0.2) is 53.4 Å². The number of thiophene rings is 1. The minimum atomic E-state index is 0.174. The summed E-state index contributed by atoms with van der Waals surface area (Å²) in [4.78, 5) is 4.95. The van der Waals surface area contributed by atoms with E-state index in [9.17, 15) is 5.11 Å². The minimum absolute atomic E-state index is 0.174. The normalized spacial score (nSPS) is 23.2. The molecule has 3 atom stereocenters. The number of aromatic hydroxyl groups is 1. The highest BCUT2D eigenvalue weighted by molar-refractivity contribution is 7.08. The first-order valence-electron chi connectivity index (χ1n) is 8.46. The van der Waals surface area contributed by atoms with Crippen LogP contribution in [-0.2, 0) is 0 Å².